The van der Waals surface area contributed by atoms with Crippen LogP contribution >= 0.6 is 34.5 Å². The van der Waals surface area contributed by atoms with Crippen molar-refractivity contribution < 1.29 is 14.3 Å². The predicted molar refractivity (Wildman–Crippen MR) is 97.1 cm³/mol. The number of benzene rings is 1. The van der Waals surface area contributed by atoms with Crippen LogP contribution in [0, 0.1) is 0 Å². The van der Waals surface area contributed by atoms with Crippen molar-refractivity contribution in [1.82, 2.24) is 5.32 Å². The molecule has 1 aliphatic rings. The number of carbonyl (C=O) groups excluding carboxylic acids is 2. The number of rotatable bonds is 4. The smallest absolute Gasteiger partial charge is 0.350 e. The average Bonchev–Trinajstić information content (AvgIpc) is 3.15. The monoisotopic (exact) mass is 385 g/mol. The van der Waals surface area contributed by atoms with Crippen LogP contribution in [0.1, 0.15) is 42.3 Å². The van der Waals surface area contributed by atoms with Gasteiger partial charge in [0.05, 0.1) is 5.02 Å². The second-order valence-corrected chi connectivity index (χ2v) is 7.79. The molecule has 1 aliphatic carbocycles. The maximum absolute atomic E-state index is 12.4. The maximum Gasteiger partial charge on any atom is 0.350 e. The molecule has 3 rings (SSSR count). The first-order valence-electron chi connectivity index (χ1n) is 7.84. The predicted octanol–water partition coefficient (Wildman–Crippen LogP) is 4.81. The minimum Gasteiger partial charge on any atom is -0.448 e. The second kappa shape index (κ2) is 7.30. The fourth-order valence-corrected chi connectivity index (χ4v) is 4.49. The summed E-state index contributed by atoms with van der Waals surface area (Å²) in [5.41, 5.74) is 0. The normalized spacial score (nSPS) is 16.3. The molecule has 1 unspecified atom stereocenters. The van der Waals surface area contributed by atoms with Crippen LogP contribution in [0.25, 0.3) is 10.1 Å². The Hall–Kier alpha value is -1.30. The summed E-state index contributed by atoms with van der Waals surface area (Å²) >= 11 is 13.4. The summed E-state index contributed by atoms with van der Waals surface area (Å²) in [4.78, 5) is 24.8. The number of thiophene rings is 1. The molecule has 1 aromatic heterocycles. The van der Waals surface area contributed by atoms with Gasteiger partial charge in [-0.15, -0.1) is 11.3 Å². The molecule has 24 heavy (non-hydrogen) atoms. The van der Waals surface area contributed by atoms with Gasteiger partial charge in [0.1, 0.15) is 4.88 Å². The Labute approximate surface area is 154 Å². The zero-order chi connectivity index (χ0) is 17.3. The van der Waals surface area contributed by atoms with Gasteiger partial charge in [-0.05, 0) is 31.9 Å². The molecule has 0 radical (unpaired) electrons. The minimum absolute atomic E-state index is 0.189. The number of nitrogens with one attached hydrogen (secondary N) is 1. The molecule has 1 atom stereocenters. The Morgan fingerprint density at radius 2 is 2.00 bits per heavy atom. The highest BCUT2D eigenvalue weighted by molar-refractivity contribution is 7.21. The summed E-state index contributed by atoms with van der Waals surface area (Å²) in [6.45, 7) is 1.57. The van der Waals surface area contributed by atoms with E-state index in [1.165, 1.54) is 11.3 Å². The SMILES string of the molecule is CC(OC(=O)c1sc2cc(Cl)ccc2c1Cl)C(=O)NC1CCCC1. The number of halogens is 2. The maximum atomic E-state index is 12.4. The van der Waals surface area contributed by atoms with Crippen molar-refractivity contribution in [3.8, 4) is 0 Å². The molecule has 0 aliphatic heterocycles. The first-order valence-corrected chi connectivity index (χ1v) is 9.42. The molecule has 1 N–H and O–H groups in total. The summed E-state index contributed by atoms with van der Waals surface area (Å²) in [6.07, 6.45) is 3.35. The molecule has 128 valence electrons. The molecule has 7 heteroatoms. The lowest BCUT2D eigenvalue weighted by atomic mass is 10.2. The van der Waals surface area contributed by atoms with Crippen LogP contribution < -0.4 is 5.32 Å². The van der Waals surface area contributed by atoms with Gasteiger partial charge in [-0.25, -0.2) is 4.79 Å². The largest absolute Gasteiger partial charge is 0.448 e. The Kier molecular flexibility index (Phi) is 5.33. The standard InChI is InChI=1S/C17H17Cl2NO3S/c1-9(16(21)20-11-4-2-3-5-11)23-17(22)15-14(19)12-7-6-10(18)8-13(12)24-15/h6-9,11H,2-5H2,1H3,(H,20,21). The van der Waals surface area contributed by atoms with E-state index in [-0.39, 0.29) is 16.8 Å². The second-order valence-electron chi connectivity index (χ2n) is 5.92. The molecule has 4 nitrogen and oxygen atoms in total. The number of hydrogen-bond acceptors (Lipinski definition) is 4. The van der Waals surface area contributed by atoms with Crippen molar-refractivity contribution in [2.24, 2.45) is 0 Å². The molecule has 0 bridgehead atoms. The lowest BCUT2D eigenvalue weighted by molar-refractivity contribution is -0.129. The van der Waals surface area contributed by atoms with E-state index in [0.29, 0.717) is 10.0 Å². The number of ether oxygens (including phenoxy) is 1. The van der Waals surface area contributed by atoms with Gasteiger partial charge in [0.25, 0.3) is 5.91 Å². The summed E-state index contributed by atoms with van der Waals surface area (Å²) < 4.78 is 6.10. The molecule has 1 saturated carbocycles. The highest BCUT2D eigenvalue weighted by atomic mass is 35.5. The molecule has 2 aromatic rings. The van der Waals surface area contributed by atoms with Crippen molar-refractivity contribution in [3.05, 3.63) is 33.1 Å². The Bertz CT molecular complexity index is 783. The van der Waals surface area contributed by atoms with Gasteiger partial charge in [0.2, 0.25) is 0 Å². The van der Waals surface area contributed by atoms with Crippen molar-refractivity contribution in [1.29, 1.82) is 0 Å². The first-order chi connectivity index (χ1) is 11.5. The molecule has 1 heterocycles. The topological polar surface area (TPSA) is 55.4 Å². The third kappa shape index (κ3) is 3.68. The Morgan fingerprint density at radius 1 is 1.29 bits per heavy atom. The van der Waals surface area contributed by atoms with Crippen LogP contribution in [0.5, 0.6) is 0 Å². The van der Waals surface area contributed by atoms with Gasteiger partial charge in [0.15, 0.2) is 6.10 Å². The summed E-state index contributed by atoms with van der Waals surface area (Å²) in [7, 11) is 0. The van der Waals surface area contributed by atoms with Crippen LogP contribution in [0.4, 0.5) is 0 Å². The molecule has 1 fully saturated rings. The number of hydrogen-bond donors (Lipinski definition) is 1. The fraction of sp³-hybridized carbons (Fsp3) is 0.412. The van der Waals surface area contributed by atoms with E-state index >= 15 is 0 Å². The van der Waals surface area contributed by atoms with Crippen LogP contribution in [0.3, 0.4) is 0 Å². The number of fused-ring (bicyclic) bond motifs is 1. The molecule has 1 aromatic carbocycles. The van der Waals surface area contributed by atoms with Gasteiger partial charge in [-0.2, -0.15) is 0 Å². The van der Waals surface area contributed by atoms with Gasteiger partial charge in [-0.3, -0.25) is 4.79 Å². The van der Waals surface area contributed by atoms with Crippen LogP contribution in [0.2, 0.25) is 10.0 Å². The minimum atomic E-state index is -0.858. The van der Waals surface area contributed by atoms with Gasteiger partial charge in [-0.1, -0.05) is 42.1 Å². The van der Waals surface area contributed by atoms with E-state index in [4.69, 9.17) is 27.9 Å². The van der Waals surface area contributed by atoms with E-state index in [0.717, 1.165) is 35.8 Å². The number of carbonyl (C=O) groups is 2. The Balaban J connectivity index is 1.69. The van der Waals surface area contributed by atoms with Crippen LogP contribution in [-0.2, 0) is 9.53 Å². The van der Waals surface area contributed by atoms with Gasteiger partial charge < -0.3 is 10.1 Å². The highest BCUT2D eigenvalue weighted by Gasteiger charge is 2.26. The third-order valence-corrected chi connectivity index (χ3v) is 6.00. The van der Waals surface area contributed by atoms with E-state index in [2.05, 4.69) is 5.32 Å². The van der Waals surface area contributed by atoms with Crippen molar-refractivity contribution in [3.63, 3.8) is 0 Å². The molecular weight excluding hydrogens is 369 g/mol. The van der Waals surface area contributed by atoms with Crippen molar-refractivity contribution in [2.45, 2.75) is 44.8 Å². The van der Waals surface area contributed by atoms with Gasteiger partial charge in [0, 0.05) is 21.2 Å². The fourth-order valence-electron chi connectivity index (χ4n) is 2.83. The molecule has 0 spiro atoms. The lowest BCUT2D eigenvalue weighted by Crippen LogP contribution is -2.40. The van der Waals surface area contributed by atoms with Crippen molar-refractivity contribution >= 4 is 56.5 Å². The summed E-state index contributed by atoms with van der Waals surface area (Å²) in [6, 6.07) is 5.42. The molecule has 0 saturated heterocycles. The van der Waals surface area contributed by atoms with Crippen LogP contribution in [-0.4, -0.2) is 24.0 Å². The van der Waals surface area contributed by atoms with E-state index in [1.807, 2.05) is 0 Å². The zero-order valence-corrected chi connectivity index (χ0v) is 15.4. The molecular formula is C17H17Cl2NO3S. The van der Waals surface area contributed by atoms with E-state index < -0.39 is 12.1 Å². The van der Waals surface area contributed by atoms with Crippen molar-refractivity contribution in [2.75, 3.05) is 0 Å². The highest BCUT2D eigenvalue weighted by Crippen LogP contribution is 2.37. The van der Waals surface area contributed by atoms with E-state index in [1.54, 1.807) is 25.1 Å². The first kappa shape index (κ1) is 17.5. The number of amides is 1. The quantitative estimate of drug-likeness (QED) is 0.767. The van der Waals surface area contributed by atoms with Crippen LogP contribution in [0.15, 0.2) is 18.2 Å². The summed E-state index contributed by atoms with van der Waals surface area (Å²) in [5, 5.41) is 4.58. The lowest BCUT2D eigenvalue weighted by Gasteiger charge is -2.16. The summed E-state index contributed by atoms with van der Waals surface area (Å²) in [5.74, 6) is -0.859. The Morgan fingerprint density at radius 3 is 2.71 bits per heavy atom. The van der Waals surface area contributed by atoms with Gasteiger partial charge >= 0.3 is 5.97 Å². The average molecular weight is 386 g/mol. The molecule has 1 amide bonds. The zero-order valence-electron chi connectivity index (χ0n) is 13.1. The number of esters is 1. The van der Waals surface area contributed by atoms with E-state index in [9.17, 15) is 9.59 Å². The third-order valence-electron chi connectivity index (χ3n) is 4.13.